The molecule has 0 aliphatic carbocycles. The standard InChI is InChI=1S/C25H32N6O4/c1-16-14-31(24(33)35-25(2,3)4)11-10-30(16)15-17-8-9-26-21(12-17)29-23-27-19-7-6-18(22(32)34-5)13-20(19)28-23/h6-9,12-13,16H,10-11,14-15H2,1-5H3,(H2,26,27,28,29)/t16-/m1/s1. The molecule has 1 aliphatic rings. The number of benzene rings is 1. The fourth-order valence-electron chi connectivity index (χ4n) is 4.03. The van der Waals surface area contributed by atoms with Gasteiger partial charge in [-0.05, 0) is 63.6 Å². The number of rotatable bonds is 5. The van der Waals surface area contributed by atoms with E-state index >= 15 is 0 Å². The zero-order valence-electron chi connectivity index (χ0n) is 20.8. The Labute approximate surface area is 204 Å². The van der Waals surface area contributed by atoms with Gasteiger partial charge in [-0.1, -0.05) is 0 Å². The number of imidazole rings is 1. The van der Waals surface area contributed by atoms with Gasteiger partial charge in [-0.15, -0.1) is 0 Å². The fraction of sp³-hybridized carbons (Fsp3) is 0.440. The number of amides is 1. The summed E-state index contributed by atoms with van der Waals surface area (Å²) >= 11 is 0. The number of aromatic nitrogens is 3. The summed E-state index contributed by atoms with van der Waals surface area (Å²) in [7, 11) is 1.35. The van der Waals surface area contributed by atoms with E-state index in [1.165, 1.54) is 7.11 Å². The SMILES string of the molecule is COC(=O)c1ccc2nc(Nc3cc(CN4CCN(C(=O)OC(C)(C)C)C[C@H]4C)ccn3)[nH]c2c1. The van der Waals surface area contributed by atoms with Crippen LogP contribution in [0.4, 0.5) is 16.6 Å². The minimum atomic E-state index is -0.499. The molecule has 3 heterocycles. The maximum Gasteiger partial charge on any atom is 0.410 e. The van der Waals surface area contributed by atoms with Crippen molar-refractivity contribution in [2.24, 2.45) is 0 Å². The highest BCUT2D eigenvalue weighted by Gasteiger charge is 2.29. The zero-order chi connectivity index (χ0) is 25.2. The highest BCUT2D eigenvalue weighted by molar-refractivity contribution is 5.94. The van der Waals surface area contributed by atoms with E-state index in [9.17, 15) is 9.59 Å². The normalized spacial score (nSPS) is 16.8. The Morgan fingerprint density at radius 2 is 2.00 bits per heavy atom. The Morgan fingerprint density at radius 3 is 2.71 bits per heavy atom. The fourth-order valence-corrected chi connectivity index (χ4v) is 4.03. The molecule has 1 aromatic carbocycles. The van der Waals surface area contributed by atoms with Crippen molar-refractivity contribution in [1.29, 1.82) is 0 Å². The quantitative estimate of drug-likeness (QED) is 0.528. The van der Waals surface area contributed by atoms with Gasteiger partial charge in [0.15, 0.2) is 0 Å². The third-order valence-electron chi connectivity index (χ3n) is 5.78. The van der Waals surface area contributed by atoms with E-state index in [-0.39, 0.29) is 12.1 Å². The first-order chi connectivity index (χ1) is 16.6. The summed E-state index contributed by atoms with van der Waals surface area (Å²) in [6.45, 7) is 10.5. The number of carbonyl (C=O) groups is 2. The van der Waals surface area contributed by atoms with Crippen molar-refractivity contribution in [3.8, 4) is 0 Å². The Bertz CT molecular complexity index is 1220. The Kier molecular flexibility index (Phi) is 6.93. The van der Waals surface area contributed by atoms with Gasteiger partial charge in [-0.2, -0.15) is 0 Å². The van der Waals surface area contributed by atoms with Gasteiger partial charge in [0, 0.05) is 38.4 Å². The number of H-pyrrole nitrogens is 1. The van der Waals surface area contributed by atoms with Crippen molar-refractivity contribution in [2.45, 2.75) is 45.9 Å². The maximum atomic E-state index is 12.4. The molecule has 1 aliphatic heterocycles. The summed E-state index contributed by atoms with van der Waals surface area (Å²) in [4.78, 5) is 40.4. The summed E-state index contributed by atoms with van der Waals surface area (Å²) in [5, 5.41) is 3.21. The Morgan fingerprint density at radius 1 is 1.20 bits per heavy atom. The summed E-state index contributed by atoms with van der Waals surface area (Å²) in [5.41, 5.74) is 2.51. The molecule has 35 heavy (non-hydrogen) atoms. The first-order valence-corrected chi connectivity index (χ1v) is 11.6. The lowest BCUT2D eigenvalue weighted by Crippen LogP contribution is -2.54. The van der Waals surface area contributed by atoms with Crippen LogP contribution in [0.2, 0.25) is 0 Å². The summed E-state index contributed by atoms with van der Waals surface area (Å²) in [6.07, 6.45) is 1.50. The second-order valence-electron chi connectivity index (χ2n) is 9.73. The average molecular weight is 481 g/mol. The summed E-state index contributed by atoms with van der Waals surface area (Å²) < 4.78 is 10.3. The van der Waals surface area contributed by atoms with Crippen LogP contribution in [0.15, 0.2) is 36.5 Å². The monoisotopic (exact) mass is 480 g/mol. The van der Waals surface area contributed by atoms with Gasteiger partial charge in [0.2, 0.25) is 5.95 Å². The molecular weight excluding hydrogens is 448 g/mol. The molecule has 2 aromatic heterocycles. The lowest BCUT2D eigenvalue weighted by Gasteiger charge is -2.40. The van der Waals surface area contributed by atoms with Crippen molar-refractivity contribution in [2.75, 3.05) is 32.1 Å². The van der Waals surface area contributed by atoms with E-state index in [0.717, 1.165) is 29.7 Å². The van der Waals surface area contributed by atoms with Crippen molar-refractivity contribution in [3.05, 3.63) is 47.7 Å². The van der Waals surface area contributed by atoms with Gasteiger partial charge in [0.05, 0.1) is 23.7 Å². The predicted molar refractivity (Wildman–Crippen MR) is 133 cm³/mol. The highest BCUT2D eigenvalue weighted by atomic mass is 16.6. The van der Waals surface area contributed by atoms with Gasteiger partial charge < -0.3 is 24.7 Å². The second kappa shape index (κ2) is 9.91. The number of aromatic amines is 1. The number of hydrogen-bond acceptors (Lipinski definition) is 8. The van der Waals surface area contributed by atoms with Gasteiger partial charge in [0.1, 0.15) is 11.4 Å². The molecule has 1 fully saturated rings. The number of fused-ring (bicyclic) bond motifs is 1. The van der Waals surface area contributed by atoms with Crippen LogP contribution in [0.1, 0.15) is 43.6 Å². The van der Waals surface area contributed by atoms with E-state index in [0.29, 0.717) is 30.4 Å². The number of methoxy groups -OCH3 is 1. The minimum absolute atomic E-state index is 0.195. The highest BCUT2D eigenvalue weighted by Crippen LogP contribution is 2.21. The van der Waals surface area contributed by atoms with Gasteiger partial charge in [0.25, 0.3) is 0 Å². The van der Waals surface area contributed by atoms with E-state index in [2.05, 4.69) is 32.1 Å². The number of nitrogens with zero attached hydrogens (tertiary/aromatic N) is 4. The van der Waals surface area contributed by atoms with Gasteiger partial charge >= 0.3 is 12.1 Å². The molecule has 10 nitrogen and oxygen atoms in total. The zero-order valence-corrected chi connectivity index (χ0v) is 20.8. The molecule has 4 rings (SSSR count). The first-order valence-electron chi connectivity index (χ1n) is 11.6. The van der Waals surface area contributed by atoms with Crippen LogP contribution in [0.25, 0.3) is 11.0 Å². The lowest BCUT2D eigenvalue weighted by atomic mass is 10.1. The van der Waals surface area contributed by atoms with Crippen LogP contribution in [0.5, 0.6) is 0 Å². The number of piperazine rings is 1. The third kappa shape index (κ3) is 6.07. The minimum Gasteiger partial charge on any atom is -0.465 e. The largest absolute Gasteiger partial charge is 0.465 e. The van der Waals surface area contributed by atoms with Crippen molar-refractivity contribution >= 4 is 34.9 Å². The molecule has 10 heteroatoms. The molecule has 0 unspecified atom stereocenters. The van der Waals surface area contributed by atoms with Crippen LogP contribution >= 0.6 is 0 Å². The molecule has 1 saturated heterocycles. The topological polar surface area (TPSA) is 113 Å². The average Bonchev–Trinajstić information content (AvgIpc) is 3.20. The van der Waals surface area contributed by atoms with Crippen LogP contribution in [-0.2, 0) is 16.0 Å². The number of esters is 1. The molecular formula is C25H32N6O4. The molecule has 0 spiro atoms. The van der Waals surface area contributed by atoms with E-state index in [4.69, 9.17) is 9.47 Å². The van der Waals surface area contributed by atoms with Crippen LogP contribution < -0.4 is 5.32 Å². The number of pyridine rings is 1. The number of nitrogens with one attached hydrogen (secondary N) is 2. The second-order valence-corrected chi connectivity index (χ2v) is 9.73. The first kappa shape index (κ1) is 24.5. The molecule has 2 N–H and O–H groups in total. The van der Waals surface area contributed by atoms with Crippen molar-refractivity contribution in [3.63, 3.8) is 0 Å². The van der Waals surface area contributed by atoms with E-state index in [1.807, 2.05) is 32.9 Å². The number of carbonyl (C=O) groups excluding carboxylic acids is 2. The maximum absolute atomic E-state index is 12.4. The van der Waals surface area contributed by atoms with Gasteiger partial charge in [-0.3, -0.25) is 4.90 Å². The molecule has 3 aromatic rings. The number of ether oxygens (including phenoxy) is 2. The summed E-state index contributed by atoms with van der Waals surface area (Å²) in [5.74, 6) is 0.798. The Hall–Kier alpha value is -3.66. The van der Waals surface area contributed by atoms with E-state index < -0.39 is 11.6 Å². The third-order valence-corrected chi connectivity index (χ3v) is 5.78. The molecule has 0 radical (unpaired) electrons. The van der Waals surface area contributed by atoms with Crippen molar-refractivity contribution < 1.29 is 19.1 Å². The van der Waals surface area contributed by atoms with Crippen molar-refractivity contribution in [1.82, 2.24) is 24.8 Å². The van der Waals surface area contributed by atoms with Crippen LogP contribution in [0, 0.1) is 0 Å². The molecule has 186 valence electrons. The smallest absolute Gasteiger partial charge is 0.410 e. The number of anilines is 2. The predicted octanol–water partition coefficient (Wildman–Crippen LogP) is 3.93. The molecule has 0 saturated carbocycles. The molecule has 1 amide bonds. The lowest BCUT2D eigenvalue weighted by molar-refractivity contribution is 0.00460. The van der Waals surface area contributed by atoms with Crippen LogP contribution in [-0.4, -0.2) is 75.2 Å². The van der Waals surface area contributed by atoms with Crippen LogP contribution in [0.3, 0.4) is 0 Å². The summed E-state index contributed by atoms with van der Waals surface area (Å²) in [6, 6.07) is 9.33. The van der Waals surface area contributed by atoms with Gasteiger partial charge in [-0.25, -0.2) is 19.6 Å². The Balaban J connectivity index is 1.39. The van der Waals surface area contributed by atoms with E-state index in [1.54, 1.807) is 29.3 Å². The molecule has 0 bridgehead atoms. The molecule has 1 atom stereocenters. The number of hydrogen-bond donors (Lipinski definition) is 2.